The van der Waals surface area contributed by atoms with Gasteiger partial charge in [0.25, 0.3) is 0 Å². The second-order valence-corrected chi connectivity index (χ2v) is 7.66. The normalized spacial score (nSPS) is 15.8. The molecule has 2 heterocycles. The van der Waals surface area contributed by atoms with Crippen LogP contribution < -0.4 is 0 Å². The second kappa shape index (κ2) is 5.63. The van der Waals surface area contributed by atoms with Gasteiger partial charge in [0, 0.05) is 24.2 Å². The van der Waals surface area contributed by atoms with Gasteiger partial charge in [-0.3, -0.25) is 4.40 Å². The van der Waals surface area contributed by atoms with Crippen molar-refractivity contribution in [2.75, 3.05) is 0 Å². The number of hydrogen-bond acceptors (Lipinski definition) is 3. The zero-order chi connectivity index (χ0) is 14.0. The Morgan fingerprint density at radius 1 is 1.42 bits per heavy atom. The monoisotopic (exact) mass is 280 g/mol. The first kappa shape index (κ1) is 14.5. The molecule has 2 aromatic heterocycles. The molecule has 2 aromatic rings. The van der Waals surface area contributed by atoms with Gasteiger partial charge in [-0.1, -0.05) is 27.7 Å². The van der Waals surface area contributed by atoms with Crippen molar-refractivity contribution in [1.29, 1.82) is 0 Å². The molecule has 1 N–H and O–H groups in total. The van der Waals surface area contributed by atoms with Crippen LogP contribution in [0.3, 0.4) is 0 Å². The van der Waals surface area contributed by atoms with Crippen LogP contribution >= 0.6 is 11.3 Å². The van der Waals surface area contributed by atoms with Gasteiger partial charge in [0.1, 0.15) is 0 Å². The van der Waals surface area contributed by atoms with E-state index in [0.717, 1.165) is 23.5 Å². The summed E-state index contributed by atoms with van der Waals surface area (Å²) < 4.78 is 2.02. The highest BCUT2D eigenvalue weighted by atomic mass is 32.1. The van der Waals surface area contributed by atoms with E-state index in [2.05, 4.69) is 32.7 Å². The zero-order valence-corrected chi connectivity index (χ0v) is 13.1. The van der Waals surface area contributed by atoms with Crippen molar-refractivity contribution in [2.45, 2.75) is 53.1 Å². The third-order valence-electron chi connectivity index (χ3n) is 3.22. The predicted molar refractivity (Wildman–Crippen MR) is 80.6 cm³/mol. The molecule has 4 heteroatoms. The Labute approximate surface area is 119 Å². The fourth-order valence-corrected chi connectivity index (χ4v) is 3.51. The Kier molecular flexibility index (Phi) is 4.31. The van der Waals surface area contributed by atoms with Gasteiger partial charge >= 0.3 is 0 Å². The van der Waals surface area contributed by atoms with Gasteiger partial charge in [-0.2, -0.15) is 0 Å². The highest BCUT2D eigenvalue weighted by molar-refractivity contribution is 7.15. The molecule has 3 nitrogen and oxygen atoms in total. The van der Waals surface area contributed by atoms with Crippen molar-refractivity contribution in [3.8, 4) is 0 Å². The van der Waals surface area contributed by atoms with E-state index < -0.39 is 0 Å². The van der Waals surface area contributed by atoms with E-state index in [1.165, 1.54) is 0 Å². The maximum atomic E-state index is 10.2. The van der Waals surface area contributed by atoms with Crippen LogP contribution in [-0.2, 0) is 6.42 Å². The maximum absolute atomic E-state index is 10.2. The van der Waals surface area contributed by atoms with E-state index in [-0.39, 0.29) is 6.10 Å². The van der Waals surface area contributed by atoms with Crippen molar-refractivity contribution < 1.29 is 5.11 Å². The van der Waals surface area contributed by atoms with Crippen LogP contribution in [-0.4, -0.2) is 20.6 Å². The van der Waals surface area contributed by atoms with Crippen LogP contribution in [0.4, 0.5) is 0 Å². The minimum Gasteiger partial charge on any atom is -0.393 e. The Morgan fingerprint density at radius 3 is 2.79 bits per heavy atom. The number of imidazole rings is 1. The second-order valence-electron chi connectivity index (χ2n) is 6.79. The quantitative estimate of drug-likeness (QED) is 0.905. The average Bonchev–Trinajstić information content (AvgIpc) is 2.73. The Morgan fingerprint density at radius 2 is 2.16 bits per heavy atom. The van der Waals surface area contributed by atoms with Crippen molar-refractivity contribution in [2.24, 2.45) is 11.3 Å². The molecule has 0 spiro atoms. The minimum absolute atomic E-state index is 0.290. The molecular weight excluding hydrogens is 256 g/mol. The number of rotatable bonds is 5. The number of fused-ring (bicyclic) bond motifs is 1. The molecule has 0 bridgehead atoms. The maximum Gasteiger partial charge on any atom is 0.193 e. The van der Waals surface area contributed by atoms with Crippen molar-refractivity contribution in [3.63, 3.8) is 0 Å². The summed E-state index contributed by atoms with van der Waals surface area (Å²) in [5.74, 6) is 0.540. The van der Waals surface area contributed by atoms with Gasteiger partial charge in [-0.25, -0.2) is 4.98 Å². The lowest BCUT2D eigenvalue weighted by Crippen LogP contribution is -2.19. The molecule has 0 aliphatic carbocycles. The Bertz CT molecular complexity index is 495. The molecule has 0 aliphatic heterocycles. The summed E-state index contributed by atoms with van der Waals surface area (Å²) in [5.41, 5.74) is 1.32. The highest BCUT2D eigenvalue weighted by Crippen LogP contribution is 2.27. The van der Waals surface area contributed by atoms with Crippen LogP contribution in [0.2, 0.25) is 0 Å². The fraction of sp³-hybridized carbons (Fsp3) is 0.667. The van der Waals surface area contributed by atoms with E-state index in [4.69, 9.17) is 0 Å². The molecule has 19 heavy (non-hydrogen) atoms. The van der Waals surface area contributed by atoms with Gasteiger partial charge in [-0.15, -0.1) is 11.3 Å². The molecule has 106 valence electrons. The lowest BCUT2D eigenvalue weighted by Gasteiger charge is -2.24. The topological polar surface area (TPSA) is 37.5 Å². The molecule has 0 radical (unpaired) electrons. The molecule has 2 rings (SSSR count). The van der Waals surface area contributed by atoms with E-state index >= 15 is 0 Å². The van der Waals surface area contributed by atoms with E-state index in [1.807, 2.05) is 22.2 Å². The summed E-state index contributed by atoms with van der Waals surface area (Å²) in [4.78, 5) is 5.52. The zero-order valence-electron chi connectivity index (χ0n) is 12.3. The first-order chi connectivity index (χ1) is 8.83. The Balaban J connectivity index is 1.87. The summed E-state index contributed by atoms with van der Waals surface area (Å²) in [5, 5.41) is 12.2. The number of nitrogens with zero attached hydrogens (tertiary/aromatic N) is 2. The third-order valence-corrected chi connectivity index (χ3v) is 3.99. The van der Waals surface area contributed by atoms with Gasteiger partial charge < -0.3 is 5.11 Å². The molecule has 2 atom stereocenters. The number of aliphatic hydroxyl groups excluding tert-OH is 1. The largest absolute Gasteiger partial charge is 0.393 e. The minimum atomic E-state index is -0.290. The van der Waals surface area contributed by atoms with E-state index in [0.29, 0.717) is 17.8 Å². The molecule has 0 aliphatic rings. The molecule has 0 amide bonds. The van der Waals surface area contributed by atoms with Crippen LogP contribution in [0.15, 0.2) is 17.8 Å². The van der Waals surface area contributed by atoms with Crippen molar-refractivity contribution in [1.82, 2.24) is 9.38 Å². The fourth-order valence-electron chi connectivity index (χ4n) is 2.79. The lowest BCUT2D eigenvalue weighted by molar-refractivity contribution is 0.132. The number of thiazole rings is 1. The van der Waals surface area contributed by atoms with E-state index in [1.54, 1.807) is 11.3 Å². The van der Waals surface area contributed by atoms with Gasteiger partial charge in [0.2, 0.25) is 0 Å². The van der Waals surface area contributed by atoms with Crippen molar-refractivity contribution in [3.05, 3.63) is 23.5 Å². The summed E-state index contributed by atoms with van der Waals surface area (Å²) in [6.07, 6.45) is 6.38. The van der Waals surface area contributed by atoms with E-state index in [9.17, 15) is 5.11 Å². The van der Waals surface area contributed by atoms with Crippen LogP contribution in [0.25, 0.3) is 4.96 Å². The molecular formula is C15H24N2OS. The van der Waals surface area contributed by atoms with Crippen LogP contribution in [0.1, 0.15) is 46.2 Å². The highest BCUT2D eigenvalue weighted by Gasteiger charge is 2.19. The predicted octanol–water partition coefficient (Wildman–Crippen LogP) is 3.76. The standard InChI is InChI=1S/C15H24N2OS/c1-11(9-15(2,3)4)7-13(18)8-12-10-17-5-6-19-14(17)16-12/h5-6,10-11,13,18H,7-9H2,1-4H3. The average molecular weight is 280 g/mol. The number of aliphatic hydroxyl groups is 1. The SMILES string of the molecule is CC(CC(O)Cc1cn2ccsc2n1)CC(C)(C)C. The summed E-state index contributed by atoms with van der Waals surface area (Å²) in [6.45, 7) is 8.97. The first-order valence-corrected chi connectivity index (χ1v) is 7.80. The van der Waals surface area contributed by atoms with Crippen molar-refractivity contribution >= 4 is 16.3 Å². The van der Waals surface area contributed by atoms with Gasteiger partial charge in [-0.05, 0) is 24.2 Å². The summed E-state index contributed by atoms with van der Waals surface area (Å²) >= 11 is 1.63. The molecule has 0 saturated carbocycles. The molecule has 0 aromatic carbocycles. The third kappa shape index (κ3) is 4.32. The molecule has 0 fully saturated rings. The summed E-state index contributed by atoms with van der Waals surface area (Å²) in [7, 11) is 0. The van der Waals surface area contributed by atoms with Gasteiger partial charge in [0.15, 0.2) is 4.96 Å². The first-order valence-electron chi connectivity index (χ1n) is 6.92. The van der Waals surface area contributed by atoms with Gasteiger partial charge in [0.05, 0.1) is 11.8 Å². The summed E-state index contributed by atoms with van der Waals surface area (Å²) in [6, 6.07) is 0. The van der Waals surface area contributed by atoms with Crippen LogP contribution in [0.5, 0.6) is 0 Å². The Hall–Kier alpha value is -0.870. The lowest BCUT2D eigenvalue weighted by atomic mass is 9.83. The molecule has 2 unspecified atom stereocenters. The van der Waals surface area contributed by atoms with Crippen LogP contribution in [0, 0.1) is 11.3 Å². The number of hydrogen-bond donors (Lipinski definition) is 1. The smallest absolute Gasteiger partial charge is 0.193 e. The molecule has 0 saturated heterocycles. The number of aromatic nitrogens is 2.